The zero-order chi connectivity index (χ0) is 19.4. The molecule has 1 aromatic carbocycles. The number of benzene rings is 1. The predicted molar refractivity (Wildman–Crippen MR) is 103 cm³/mol. The van der Waals surface area contributed by atoms with Crippen LogP contribution in [-0.4, -0.2) is 46.8 Å². The van der Waals surface area contributed by atoms with Crippen LogP contribution in [-0.2, 0) is 20.9 Å². The molecular weight excluding hydrogens is 370 g/mol. The minimum atomic E-state index is -0.724. The van der Waals surface area contributed by atoms with Gasteiger partial charge in [0.25, 0.3) is 0 Å². The third kappa shape index (κ3) is 3.97. The quantitative estimate of drug-likeness (QED) is 0.483. The van der Waals surface area contributed by atoms with Gasteiger partial charge in [-0.15, -0.1) is 0 Å². The largest absolute Gasteiger partial charge is 0.467 e. The molecule has 0 aliphatic carbocycles. The molecule has 142 valence electrons. The minimum absolute atomic E-state index is 0.135. The monoisotopic (exact) mass is 389 g/mol. The van der Waals surface area contributed by atoms with Crippen LogP contribution in [0, 0.1) is 0 Å². The van der Waals surface area contributed by atoms with Gasteiger partial charge in [0.15, 0.2) is 0 Å². The van der Waals surface area contributed by atoms with E-state index in [1.54, 1.807) is 30.0 Å². The second-order valence-electron chi connectivity index (χ2n) is 5.87. The maximum atomic E-state index is 12.5. The van der Waals surface area contributed by atoms with E-state index < -0.39 is 23.5 Å². The summed E-state index contributed by atoms with van der Waals surface area (Å²) in [5, 5.41) is 7.82. The number of amides is 1. The summed E-state index contributed by atoms with van der Waals surface area (Å²) >= 11 is 1.57. The lowest BCUT2D eigenvalue weighted by Crippen LogP contribution is -2.43. The van der Waals surface area contributed by atoms with Crippen molar-refractivity contribution in [3.63, 3.8) is 0 Å². The smallest absolute Gasteiger partial charge is 0.347 e. The number of thioether (sulfide) groups is 1. The number of para-hydroxylation sites is 1. The van der Waals surface area contributed by atoms with Crippen LogP contribution in [0.3, 0.4) is 0 Å². The lowest BCUT2D eigenvalue weighted by molar-refractivity contribution is -0.145. The predicted octanol–water partition coefficient (Wildman–Crippen LogP) is 1.55. The van der Waals surface area contributed by atoms with Crippen molar-refractivity contribution < 1.29 is 18.7 Å². The number of carbonyl (C=O) groups excluding carboxylic acids is 2. The molecule has 1 N–H and O–H groups in total. The summed E-state index contributed by atoms with van der Waals surface area (Å²) < 4.78 is 11.5. The second kappa shape index (κ2) is 8.26. The van der Waals surface area contributed by atoms with Crippen LogP contribution in [0.5, 0.6) is 0 Å². The number of nitrogens with one attached hydrogen (secondary N) is 1. The van der Waals surface area contributed by atoms with Crippen LogP contribution < -0.4 is 10.9 Å². The summed E-state index contributed by atoms with van der Waals surface area (Å²) in [6.07, 6.45) is 3.76. The van der Waals surface area contributed by atoms with Crippen LogP contribution in [0.4, 0.5) is 0 Å². The van der Waals surface area contributed by atoms with E-state index >= 15 is 0 Å². The summed E-state index contributed by atoms with van der Waals surface area (Å²) in [4.78, 5) is 36.5. The SMILES string of the molecule is COC(=O)[C@@H](CCSC)NC(=O)Cn1ncc2c(=O)oc3ccccc3c21. The van der Waals surface area contributed by atoms with Crippen molar-refractivity contribution in [3.8, 4) is 0 Å². The number of ether oxygens (including phenoxy) is 1. The Labute approximate surface area is 158 Å². The molecule has 3 aromatic rings. The van der Waals surface area contributed by atoms with Crippen molar-refractivity contribution in [1.29, 1.82) is 0 Å². The van der Waals surface area contributed by atoms with Gasteiger partial charge in [-0.2, -0.15) is 16.9 Å². The maximum Gasteiger partial charge on any atom is 0.347 e. The number of carbonyl (C=O) groups is 2. The average molecular weight is 389 g/mol. The zero-order valence-corrected chi connectivity index (χ0v) is 15.7. The number of nitrogens with zero attached hydrogens (tertiary/aromatic N) is 2. The van der Waals surface area contributed by atoms with E-state index in [9.17, 15) is 14.4 Å². The van der Waals surface area contributed by atoms with Crippen LogP contribution >= 0.6 is 11.8 Å². The van der Waals surface area contributed by atoms with Gasteiger partial charge in [-0.25, -0.2) is 9.59 Å². The molecule has 3 rings (SSSR count). The van der Waals surface area contributed by atoms with Crippen molar-refractivity contribution in [1.82, 2.24) is 15.1 Å². The van der Waals surface area contributed by atoms with Gasteiger partial charge in [-0.1, -0.05) is 12.1 Å². The Bertz CT molecular complexity index is 1040. The molecule has 8 nitrogen and oxygen atoms in total. The number of esters is 1. The topological polar surface area (TPSA) is 103 Å². The van der Waals surface area contributed by atoms with Gasteiger partial charge in [-0.05, 0) is 30.6 Å². The first-order valence-corrected chi connectivity index (χ1v) is 9.68. The van der Waals surface area contributed by atoms with Crippen LogP contribution in [0.15, 0.2) is 39.7 Å². The van der Waals surface area contributed by atoms with E-state index in [-0.39, 0.29) is 6.54 Å². The van der Waals surface area contributed by atoms with Gasteiger partial charge in [0.1, 0.15) is 23.6 Å². The number of hydrogen-bond donors (Lipinski definition) is 1. The molecule has 0 saturated heterocycles. The Morgan fingerprint density at radius 2 is 2.11 bits per heavy atom. The molecule has 2 heterocycles. The van der Waals surface area contributed by atoms with E-state index in [0.717, 1.165) is 0 Å². The van der Waals surface area contributed by atoms with E-state index in [0.29, 0.717) is 34.0 Å². The first-order valence-electron chi connectivity index (χ1n) is 8.28. The standard InChI is InChI=1S/C18H19N3O5S/c1-25-18(24)13(7-8-27-2)20-15(22)10-21-16-11-5-3-4-6-14(11)26-17(23)12(16)9-19-21/h3-6,9,13H,7-8,10H2,1-2H3,(H,20,22)/t13-/m1/s1. The zero-order valence-electron chi connectivity index (χ0n) is 14.9. The maximum absolute atomic E-state index is 12.5. The van der Waals surface area contributed by atoms with Gasteiger partial charge < -0.3 is 14.5 Å². The van der Waals surface area contributed by atoms with Gasteiger partial charge in [-0.3, -0.25) is 9.48 Å². The summed E-state index contributed by atoms with van der Waals surface area (Å²) in [5.41, 5.74) is 0.433. The van der Waals surface area contributed by atoms with E-state index in [1.165, 1.54) is 18.0 Å². The summed E-state index contributed by atoms with van der Waals surface area (Å²) in [7, 11) is 1.28. The Morgan fingerprint density at radius 3 is 2.85 bits per heavy atom. The van der Waals surface area contributed by atoms with Crippen molar-refractivity contribution in [2.75, 3.05) is 19.1 Å². The van der Waals surface area contributed by atoms with Crippen molar-refractivity contribution in [2.24, 2.45) is 0 Å². The van der Waals surface area contributed by atoms with Crippen molar-refractivity contribution >= 4 is 45.5 Å². The Kier molecular flexibility index (Phi) is 5.80. The third-order valence-electron chi connectivity index (χ3n) is 4.13. The fourth-order valence-electron chi connectivity index (χ4n) is 2.85. The lowest BCUT2D eigenvalue weighted by Gasteiger charge is -2.16. The molecular formula is C18H19N3O5S. The molecule has 0 unspecified atom stereocenters. The van der Waals surface area contributed by atoms with E-state index in [2.05, 4.69) is 10.4 Å². The minimum Gasteiger partial charge on any atom is -0.467 e. The van der Waals surface area contributed by atoms with Gasteiger partial charge in [0, 0.05) is 5.39 Å². The molecule has 0 bridgehead atoms. The fourth-order valence-corrected chi connectivity index (χ4v) is 3.32. The normalized spacial score (nSPS) is 12.2. The highest BCUT2D eigenvalue weighted by molar-refractivity contribution is 7.98. The molecule has 0 aliphatic rings. The summed E-state index contributed by atoms with van der Waals surface area (Å²) in [6.45, 7) is -0.135. The first-order chi connectivity index (χ1) is 13.0. The Balaban J connectivity index is 1.89. The molecule has 27 heavy (non-hydrogen) atoms. The number of methoxy groups -OCH3 is 1. The first kappa shape index (κ1) is 19.0. The Hall–Kier alpha value is -2.81. The van der Waals surface area contributed by atoms with Crippen molar-refractivity contribution in [3.05, 3.63) is 40.9 Å². The molecule has 0 radical (unpaired) electrons. The number of hydrogen-bond acceptors (Lipinski definition) is 7. The van der Waals surface area contributed by atoms with Gasteiger partial charge >= 0.3 is 11.6 Å². The molecule has 1 atom stereocenters. The highest BCUT2D eigenvalue weighted by Crippen LogP contribution is 2.22. The molecule has 1 amide bonds. The van der Waals surface area contributed by atoms with Crippen LogP contribution in [0.25, 0.3) is 21.9 Å². The van der Waals surface area contributed by atoms with E-state index in [1.807, 2.05) is 12.3 Å². The molecule has 0 aliphatic heterocycles. The highest BCUT2D eigenvalue weighted by atomic mass is 32.2. The fraction of sp³-hybridized carbons (Fsp3) is 0.333. The lowest BCUT2D eigenvalue weighted by atomic mass is 10.2. The molecule has 0 fully saturated rings. The van der Waals surface area contributed by atoms with E-state index in [4.69, 9.17) is 9.15 Å². The highest BCUT2D eigenvalue weighted by Gasteiger charge is 2.22. The summed E-state index contributed by atoms with van der Waals surface area (Å²) in [5.74, 6) is -0.182. The van der Waals surface area contributed by atoms with Crippen molar-refractivity contribution in [2.45, 2.75) is 19.0 Å². The van der Waals surface area contributed by atoms with Crippen LogP contribution in [0.2, 0.25) is 0 Å². The second-order valence-corrected chi connectivity index (χ2v) is 6.86. The number of fused-ring (bicyclic) bond motifs is 3. The number of rotatable bonds is 7. The van der Waals surface area contributed by atoms with Gasteiger partial charge in [0.2, 0.25) is 5.91 Å². The van der Waals surface area contributed by atoms with Gasteiger partial charge in [0.05, 0.1) is 18.8 Å². The average Bonchev–Trinajstić information content (AvgIpc) is 3.09. The molecule has 0 spiro atoms. The number of aromatic nitrogens is 2. The third-order valence-corrected chi connectivity index (χ3v) is 4.77. The molecule has 2 aromatic heterocycles. The molecule has 9 heteroatoms. The summed E-state index contributed by atoms with van der Waals surface area (Å²) in [6, 6.07) is 6.33. The molecule has 0 saturated carbocycles. The van der Waals surface area contributed by atoms with Crippen LogP contribution in [0.1, 0.15) is 6.42 Å². The Morgan fingerprint density at radius 1 is 1.33 bits per heavy atom.